The predicted molar refractivity (Wildman–Crippen MR) is 62.8 cm³/mol. The molecule has 0 aromatic heterocycles. The van der Waals surface area contributed by atoms with Crippen molar-refractivity contribution in [3.63, 3.8) is 0 Å². The normalized spacial score (nSPS) is 15.0. The van der Waals surface area contributed by atoms with Gasteiger partial charge in [-0.3, -0.25) is 4.99 Å². The number of hydrogen-bond acceptors (Lipinski definition) is 2. The van der Waals surface area contributed by atoms with Gasteiger partial charge in [0.25, 0.3) is 0 Å². The zero-order valence-corrected chi connectivity index (χ0v) is 9.10. The van der Waals surface area contributed by atoms with Gasteiger partial charge in [-0.2, -0.15) is 0 Å². The Labute approximate surface area is 87.5 Å². The number of nitrogens with one attached hydrogen (secondary N) is 1. The summed E-state index contributed by atoms with van der Waals surface area (Å²) in [4.78, 5) is 4.38. The van der Waals surface area contributed by atoms with Gasteiger partial charge in [0.1, 0.15) is 0 Å². The van der Waals surface area contributed by atoms with E-state index in [1.807, 2.05) is 6.08 Å². The van der Waals surface area contributed by atoms with Gasteiger partial charge >= 0.3 is 0 Å². The lowest BCUT2D eigenvalue weighted by molar-refractivity contribution is 0.625. The van der Waals surface area contributed by atoms with Crippen LogP contribution >= 0.6 is 0 Å². The Bertz CT molecular complexity index is 185. The van der Waals surface area contributed by atoms with E-state index < -0.39 is 0 Å². The van der Waals surface area contributed by atoms with Crippen LogP contribution in [0.2, 0.25) is 0 Å². The second-order valence-corrected chi connectivity index (χ2v) is 3.85. The Morgan fingerprint density at radius 2 is 2.00 bits per heavy atom. The Hall–Kier alpha value is -0.790. The molecule has 0 aliphatic carbocycles. The van der Waals surface area contributed by atoms with E-state index in [4.69, 9.17) is 0 Å². The van der Waals surface area contributed by atoms with Crippen LogP contribution in [0.1, 0.15) is 44.9 Å². The highest BCUT2D eigenvalue weighted by atomic mass is 15.1. The second-order valence-electron chi connectivity index (χ2n) is 3.85. The van der Waals surface area contributed by atoms with Crippen molar-refractivity contribution in [1.82, 2.24) is 5.32 Å². The van der Waals surface area contributed by atoms with Gasteiger partial charge in [-0.05, 0) is 19.3 Å². The predicted octanol–water partition coefficient (Wildman–Crippen LogP) is 2.90. The maximum absolute atomic E-state index is 4.38. The van der Waals surface area contributed by atoms with Gasteiger partial charge in [-0.25, -0.2) is 0 Å². The molecule has 0 radical (unpaired) electrons. The van der Waals surface area contributed by atoms with E-state index in [0.29, 0.717) is 0 Å². The highest BCUT2D eigenvalue weighted by Crippen LogP contribution is 2.08. The topological polar surface area (TPSA) is 24.4 Å². The van der Waals surface area contributed by atoms with Crippen LogP contribution in [0.5, 0.6) is 0 Å². The highest BCUT2D eigenvalue weighted by molar-refractivity contribution is 5.83. The average molecular weight is 194 g/mol. The lowest BCUT2D eigenvalue weighted by Crippen LogP contribution is -2.17. The lowest BCUT2D eigenvalue weighted by Gasteiger charge is -2.02. The minimum absolute atomic E-state index is 0.981. The first-order valence-electron chi connectivity index (χ1n) is 5.81. The minimum Gasteiger partial charge on any atom is -0.372 e. The average Bonchev–Trinajstić information content (AvgIpc) is 2.69. The van der Waals surface area contributed by atoms with Crippen molar-refractivity contribution >= 4 is 5.84 Å². The molecule has 0 fully saturated rings. The largest absolute Gasteiger partial charge is 0.372 e. The summed E-state index contributed by atoms with van der Waals surface area (Å²) in [5, 5.41) is 3.30. The van der Waals surface area contributed by atoms with Gasteiger partial charge in [-0.15, -0.1) is 6.58 Å². The van der Waals surface area contributed by atoms with Crippen molar-refractivity contribution in [1.29, 1.82) is 0 Å². The molecule has 2 nitrogen and oxygen atoms in total. The molecule has 0 amide bonds. The molecule has 0 spiro atoms. The molecule has 0 bridgehead atoms. The Morgan fingerprint density at radius 3 is 2.71 bits per heavy atom. The smallest absolute Gasteiger partial charge is 0.0964 e. The van der Waals surface area contributed by atoms with Crippen LogP contribution in [0, 0.1) is 0 Å². The molecule has 1 heterocycles. The third-order valence-electron chi connectivity index (χ3n) is 2.57. The standard InChI is InChI=1S/C12H22N2/c1-2-3-4-5-6-7-8-9-12-13-10-11-14-12/h2H,1,3-11H2,(H,13,14). The van der Waals surface area contributed by atoms with Gasteiger partial charge in [0.15, 0.2) is 0 Å². The molecular formula is C12H22N2. The molecule has 0 saturated heterocycles. The fourth-order valence-electron chi connectivity index (χ4n) is 1.73. The van der Waals surface area contributed by atoms with Gasteiger partial charge in [-0.1, -0.05) is 25.3 Å². The second kappa shape index (κ2) is 7.60. The summed E-state index contributed by atoms with van der Waals surface area (Å²) >= 11 is 0. The summed E-state index contributed by atoms with van der Waals surface area (Å²) < 4.78 is 0. The van der Waals surface area contributed by atoms with Crippen molar-refractivity contribution in [2.45, 2.75) is 44.9 Å². The van der Waals surface area contributed by atoms with Crippen LogP contribution in [0.15, 0.2) is 17.6 Å². The monoisotopic (exact) mass is 194 g/mol. The van der Waals surface area contributed by atoms with Crippen molar-refractivity contribution in [3.8, 4) is 0 Å². The molecule has 0 aromatic carbocycles. The zero-order chi connectivity index (χ0) is 10.1. The van der Waals surface area contributed by atoms with E-state index in [0.717, 1.165) is 19.5 Å². The van der Waals surface area contributed by atoms with E-state index >= 15 is 0 Å². The number of hydrogen-bond donors (Lipinski definition) is 1. The van der Waals surface area contributed by atoms with E-state index in [9.17, 15) is 0 Å². The first-order valence-corrected chi connectivity index (χ1v) is 5.81. The molecule has 14 heavy (non-hydrogen) atoms. The number of unbranched alkanes of at least 4 members (excludes halogenated alkanes) is 5. The Balaban J connectivity index is 1.82. The van der Waals surface area contributed by atoms with Gasteiger partial charge in [0.05, 0.1) is 12.4 Å². The quantitative estimate of drug-likeness (QED) is 0.466. The first kappa shape index (κ1) is 11.3. The molecule has 80 valence electrons. The fourth-order valence-corrected chi connectivity index (χ4v) is 1.73. The van der Waals surface area contributed by atoms with Crippen LogP contribution in [0.25, 0.3) is 0 Å². The van der Waals surface area contributed by atoms with Crippen LogP contribution in [-0.2, 0) is 0 Å². The molecule has 0 aromatic rings. The van der Waals surface area contributed by atoms with Gasteiger partial charge < -0.3 is 5.32 Å². The van der Waals surface area contributed by atoms with Crippen molar-refractivity contribution in [2.24, 2.45) is 4.99 Å². The van der Waals surface area contributed by atoms with Crippen molar-refractivity contribution in [3.05, 3.63) is 12.7 Å². The van der Waals surface area contributed by atoms with E-state index in [2.05, 4.69) is 16.9 Å². The molecular weight excluding hydrogens is 172 g/mol. The molecule has 1 aliphatic rings. The molecule has 1 N–H and O–H groups in total. The minimum atomic E-state index is 0.981. The van der Waals surface area contributed by atoms with Crippen molar-refractivity contribution in [2.75, 3.05) is 13.1 Å². The number of aliphatic imine (C=N–C) groups is 1. The highest BCUT2D eigenvalue weighted by Gasteiger charge is 2.03. The number of allylic oxidation sites excluding steroid dienone is 1. The maximum Gasteiger partial charge on any atom is 0.0964 e. The molecule has 0 atom stereocenters. The number of nitrogens with zero attached hydrogens (tertiary/aromatic N) is 1. The molecule has 1 rings (SSSR count). The maximum atomic E-state index is 4.38. The van der Waals surface area contributed by atoms with E-state index in [1.54, 1.807) is 0 Å². The molecule has 0 unspecified atom stereocenters. The number of amidine groups is 1. The van der Waals surface area contributed by atoms with Crippen LogP contribution in [0.4, 0.5) is 0 Å². The first-order chi connectivity index (χ1) is 6.93. The van der Waals surface area contributed by atoms with Crippen molar-refractivity contribution < 1.29 is 0 Å². The summed E-state index contributed by atoms with van der Waals surface area (Å²) in [6, 6.07) is 0. The van der Waals surface area contributed by atoms with E-state index in [-0.39, 0.29) is 0 Å². The van der Waals surface area contributed by atoms with Crippen LogP contribution < -0.4 is 5.32 Å². The summed E-state index contributed by atoms with van der Waals surface area (Å²) in [5.41, 5.74) is 0. The van der Waals surface area contributed by atoms with Crippen LogP contribution in [0.3, 0.4) is 0 Å². The lowest BCUT2D eigenvalue weighted by atomic mass is 10.1. The van der Waals surface area contributed by atoms with Crippen LogP contribution in [-0.4, -0.2) is 18.9 Å². The third kappa shape index (κ3) is 5.05. The summed E-state index contributed by atoms with van der Waals surface area (Å²) in [7, 11) is 0. The molecule has 2 heteroatoms. The summed E-state index contributed by atoms with van der Waals surface area (Å²) in [6.45, 7) is 5.75. The third-order valence-corrected chi connectivity index (χ3v) is 2.57. The van der Waals surface area contributed by atoms with Gasteiger partial charge in [0, 0.05) is 13.0 Å². The SMILES string of the molecule is C=CCCCCCCCC1=NCCN1. The van der Waals surface area contributed by atoms with Gasteiger partial charge in [0.2, 0.25) is 0 Å². The van der Waals surface area contributed by atoms with E-state index in [1.165, 1.54) is 44.4 Å². The fraction of sp³-hybridized carbons (Fsp3) is 0.750. The molecule has 1 aliphatic heterocycles. The summed E-state index contributed by atoms with van der Waals surface area (Å²) in [5.74, 6) is 1.23. The Morgan fingerprint density at radius 1 is 1.21 bits per heavy atom. The zero-order valence-electron chi connectivity index (χ0n) is 9.10. The Kier molecular flexibility index (Phi) is 6.13. The number of rotatable bonds is 8. The molecule has 0 saturated carbocycles. The summed E-state index contributed by atoms with van der Waals surface area (Å²) in [6.07, 6.45) is 11.0.